The van der Waals surface area contributed by atoms with Crippen LogP contribution in [-0.4, -0.2) is 89.3 Å². The first-order chi connectivity index (χ1) is 18.2. The summed E-state index contributed by atoms with van der Waals surface area (Å²) in [6, 6.07) is 2.35. The molecule has 2 aliphatic rings. The molecule has 11 nitrogen and oxygen atoms in total. The molecule has 1 fully saturated rings. The van der Waals surface area contributed by atoms with Crippen molar-refractivity contribution in [3.8, 4) is 0 Å². The van der Waals surface area contributed by atoms with E-state index in [9.17, 15) is 19.2 Å². The van der Waals surface area contributed by atoms with Crippen LogP contribution in [0.1, 0.15) is 38.5 Å². The van der Waals surface area contributed by atoms with Crippen LogP contribution < -0.4 is 16.0 Å². The Morgan fingerprint density at radius 1 is 1.11 bits per heavy atom. The highest BCUT2D eigenvalue weighted by atomic mass is 35.5. The van der Waals surface area contributed by atoms with Gasteiger partial charge in [0.1, 0.15) is 5.82 Å². The molecule has 0 aromatic carbocycles. The van der Waals surface area contributed by atoms with E-state index in [4.69, 9.17) is 17.0 Å². The number of aromatic nitrogens is 1. The van der Waals surface area contributed by atoms with E-state index < -0.39 is 23.8 Å². The predicted octanol–water partition coefficient (Wildman–Crippen LogP) is 2.00. The highest BCUT2D eigenvalue weighted by molar-refractivity contribution is 8.18. The first kappa shape index (κ1) is 29.6. The number of anilines is 1. The summed E-state index contributed by atoms with van der Waals surface area (Å²) in [5.41, 5.74) is 0. The Hall–Kier alpha value is -2.96. The monoisotopic (exact) mass is 563 g/mol. The highest BCUT2D eigenvalue weighted by Gasteiger charge is 2.24. The molecule has 4 amide bonds. The molecule has 0 spiro atoms. The normalized spacial score (nSPS) is 16.7. The number of piperidine rings is 1. The number of pyridine rings is 1. The third-order valence-electron chi connectivity index (χ3n) is 6.18. The van der Waals surface area contributed by atoms with Crippen molar-refractivity contribution in [1.82, 2.24) is 25.4 Å². The van der Waals surface area contributed by atoms with Gasteiger partial charge in [-0.2, -0.15) is 0 Å². The van der Waals surface area contributed by atoms with Crippen LogP contribution >= 0.6 is 23.4 Å². The van der Waals surface area contributed by atoms with Gasteiger partial charge in [0.15, 0.2) is 5.04 Å². The van der Waals surface area contributed by atoms with Crippen molar-refractivity contribution in [2.24, 2.45) is 0 Å². The first-order valence-electron chi connectivity index (χ1n) is 12.6. The van der Waals surface area contributed by atoms with Crippen LogP contribution in [0.25, 0.3) is 0 Å². The summed E-state index contributed by atoms with van der Waals surface area (Å²) < 4.78 is 0. The number of halogens is 1. The lowest BCUT2D eigenvalue weighted by Crippen LogP contribution is -2.48. The molecule has 0 bridgehead atoms. The maximum absolute atomic E-state index is 12.8. The van der Waals surface area contributed by atoms with E-state index in [1.807, 2.05) is 18.0 Å². The number of amides is 4. The third kappa shape index (κ3) is 9.73. The second-order valence-corrected chi connectivity index (χ2v) is 10.9. The van der Waals surface area contributed by atoms with Crippen molar-refractivity contribution < 1.29 is 19.2 Å². The molecule has 3 rings (SSSR count). The number of carbonyl (C=O) groups is 4. The number of hydrogen-bond donors (Lipinski definition) is 4. The SMILES string of the molecule is CN1CCC=C(SC(=N)C(=O)NC(CCC(=O)N2CCCCC2)CNC(=O)C(=O)Nc2ccc(Cl)cn2)C1. The Kier molecular flexibility index (Phi) is 11.6. The van der Waals surface area contributed by atoms with Gasteiger partial charge in [-0.15, -0.1) is 0 Å². The maximum Gasteiger partial charge on any atom is 0.314 e. The van der Waals surface area contributed by atoms with E-state index in [1.54, 1.807) is 0 Å². The van der Waals surface area contributed by atoms with Crippen molar-refractivity contribution in [2.75, 3.05) is 45.1 Å². The number of nitrogens with one attached hydrogen (secondary N) is 4. The molecule has 38 heavy (non-hydrogen) atoms. The Balaban J connectivity index is 1.56. The number of likely N-dealkylation sites (tertiary alicyclic amines) is 1. The summed E-state index contributed by atoms with van der Waals surface area (Å²) in [6.45, 7) is 2.95. The fraction of sp³-hybridized carbons (Fsp3) is 0.520. The average Bonchev–Trinajstić information content (AvgIpc) is 2.91. The number of hydrogen-bond acceptors (Lipinski definition) is 8. The second kappa shape index (κ2) is 14.8. The zero-order chi connectivity index (χ0) is 27.5. The second-order valence-electron chi connectivity index (χ2n) is 9.30. The Labute approximate surface area is 231 Å². The molecule has 3 heterocycles. The first-order valence-corrected chi connectivity index (χ1v) is 13.8. The molecule has 0 aliphatic carbocycles. The number of thioether (sulfide) groups is 1. The Bertz CT molecular complexity index is 1060. The van der Waals surface area contributed by atoms with Crippen LogP contribution in [0.5, 0.6) is 0 Å². The van der Waals surface area contributed by atoms with Crippen molar-refractivity contribution in [2.45, 2.75) is 44.6 Å². The zero-order valence-electron chi connectivity index (χ0n) is 21.4. The molecular formula is C25H34ClN7O4S. The van der Waals surface area contributed by atoms with E-state index in [0.29, 0.717) is 11.6 Å². The average molecular weight is 564 g/mol. The van der Waals surface area contributed by atoms with E-state index in [2.05, 4.69) is 25.8 Å². The van der Waals surface area contributed by atoms with Gasteiger partial charge in [-0.05, 0) is 51.3 Å². The van der Waals surface area contributed by atoms with Crippen molar-refractivity contribution >= 4 is 57.9 Å². The third-order valence-corrected chi connectivity index (χ3v) is 7.35. The molecule has 0 saturated carbocycles. The van der Waals surface area contributed by atoms with E-state index in [-0.39, 0.29) is 36.2 Å². The minimum Gasteiger partial charge on any atom is -0.346 e. The molecule has 206 valence electrons. The molecule has 0 radical (unpaired) electrons. The predicted molar refractivity (Wildman–Crippen MR) is 148 cm³/mol. The summed E-state index contributed by atoms with van der Waals surface area (Å²) in [6.07, 6.45) is 7.70. The highest BCUT2D eigenvalue weighted by Crippen LogP contribution is 2.22. The van der Waals surface area contributed by atoms with E-state index >= 15 is 0 Å². The quantitative estimate of drug-likeness (QED) is 0.215. The summed E-state index contributed by atoms with van der Waals surface area (Å²) in [7, 11) is 1.98. The maximum atomic E-state index is 12.8. The van der Waals surface area contributed by atoms with E-state index in [0.717, 1.165) is 62.0 Å². The smallest absolute Gasteiger partial charge is 0.314 e. The molecule has 13 heteroatoms. The van der Waals surface area contributed by atoms with Crippen LogP contribution in [0, 0.1) is 5.41 Å². The lowest BCUT2D eigenvalue weighted by atomic mass is 10.1. The lowest BCUT2D eigenvalue weighted by molar-refractivity contribution is -0.136. The summed E-state index contributed by atoms with van der Waals surface area (Å²) in [4.78, 5) is 58.9. The number of rotatable bonds is 8. The number of nitrogens with zero attached hydrogens (tertiary/aromatic N) is 3. The number of likely N-dealkylation sites (N-methyl/N-ethyl adjacent to an activating group) is 1. The molecule has 2 aliphatic heterocycles. The topological polar surface area (TPSA) is 148 Å². The largest absolute Gasteiger partial charge is 0.346 e. The zero-order valence-corrected chi connectivity index (χ0v) is 23.0. The lowest BCUT2D eigenvalue weighted by Gasteiger charge is -2.27. The number of carbonyl (C=O) groups excluding carboxylic acids is 4. The van der Waals surface area contributed by atoms with Gasteiger partial charge in [-0.3, -0.25) is 24.6 Å². The fourth-order valence-corrected chi connectivity index (χ4v) is 5.11. The molecule has 1 unspecified atom stereocenters. The van der Waals surface area contributed by atoms with Crippen LogP contribution in [0.4, 0.5) is 5.82 Å². The van der Waals surface area contributed by atoms with Gasteiger partial charge in [0.2, 0.25) is 5.91 Å². The van der Waals surface area contributed by atoms with E-state index in [1.165, 1.54) is 18.3 Å². The van der Waals surface area contributed by atoms with Crippen molar-refractivity contribution in [3.05, 3.63) is 34.3 Å². The minimum absolute atomic E-state index is 0.0123. The Morgan fingerprint density at radius 2 is 1.87 bits per heavy atom. The summed E-state index contributed by atoms with van der Waals surface area (Å²) in [5, 5.41) is 16.1. The fourth-order valence-electron chi connectivity index (χ4n) is 4.10. The van der Waals surface area contributed by atoms with Gasteiger partial charge in [0, 0.05) is 56.3 Å². The van der Waals surface area contributed by atoms with Crippen LogP contribution in [0.15, 0.2) is 29.3 Å². The summed E-state index contributed by atoms with van der Waals surface area (Å²) >= 11 is 6.88. The standard InChI is InChI=1S/C25H34ClN7O4S/c1-32-11-5-6-19(16-32)38-22(27)23(35)30-18(8-10-21(34)33-12-3-2-4-13-33)15-29-24(36)25(37)31-20-9-7-17(26)14-28-20/h6-7,9,14,18,27H,2-5,8,10-13,15-16H2,1H3,(H,29,36)(H,30,35)(H,28,31,37). The summed E-state index contributed by atoms with van der Waals surface area (Å²) in [5.74, 6) is -2.28. The Morgan fingerprint density at radius 3 is 2.55 bits per heavy atom. The molecule has 1 atom stereocenters. The van der Waals surface area contributed by atoms with Gasteiger partial charge in [-0.1, -0.05) is 29.4 Å². The molecule has 1 aromatic rings. The van der Waals surface area contributed by atoms with Gasteiger partial charge in [0.05, 0.1) is 5.02 Å². The molecule has 1 saturated heterocycles. The van der Waals surface area contributed by atoms with Gasteiger partial charge in [0.25, 0.3) is 5.91 Å². The van der Waals surface area contributed by atoms with Gasteiger partial charge in [-0.25, -0.2) is 4.98 Å². The molecule has 4 N–H and O–H groups in total. The van der Waals surface area contributed by atoms with Crippen molar-refractivity contribution in [1.29, 1.82) is 5.41 Å². The van der Waals surface area contributed by atoms with Crippen LogP contribution in [0.2, 0.25) is 5.02 Å². The minimum atomic E-state index is -0.925. The molecular weight excluding hydrogens is 530 g/mol. The van der Waals surface area contributed by atoms with Gasteiger partial charge < -0.3 is 25.8 Å². The van der Waals surface area contributed by atoms with Crippen LogP contribution in [-0.2, 0) is 19.2 Å². The van der Waals surface area contributed by atoms with Gasteiger partial charge >= 0.3 is 11.8 Å². The van der Waals surface area contributed by atoms with Crippen LogP contribution in [0.3, 0.4) is 0 Å². The molecule has 1 aromatic heterocycles. The van der Waals surface area contributed by atoms with Crippen molar-refractivity contribution in [3.63, 3.8) is 0 Å².